The Kier molecular flexibility index (Phi) is 5.48. The number of aliphatic hydroxyl groups excluding tert-OH is 1. The van der Waals surface area contributed by atoms with Crippen LogP contribution in [0.4, 0.5) is 5.69 Å². The molecular weight excluding hydrogens is 286 g/mol. The molecule has 2 rings (SSSR count). The van der Waals surface area contributed by atoms with Crippen molar-refractivity contribution in [3.05, 3.63) is 53.6 Å². The van der Waals surface area contributed by atoms with Gasteiger partial charge in [-0.2, -0.15) is 0 Å². The Hall–Kier alpha value is -1.71. The zero-order chi connectivity index (χ0) is 15.2. The first-order chi connectivity index (χ1) is 10.1. The predicted molar refractivity (Wildman–Crippen MR) is 87.6 cm³/mol. The molecule has 0 aliphatic rings. The van der Waals surface area contributed by atoms with Crippen LogP contribution in [0.5, 0.6) is 11.5 Å². The van der Waals surface area contributed by atoms with Crippen molar-refractivity contribution in [1.82, 2.24) is 0 Å². The minimum atomic E-state index is -0.546. The molecule has 3 nitrogen and oxygen atoms in total. The standard InChI is InChI=1S/C17H20ClNO2/c1-12-5-3-4-6-16(12)21-17-8-7-14(9-13(17)2)19-11-15(20)10-18/h3-9,15,19-20H,10-11H2,1-2H3. The lowest BCUT2D eigenvalue weighted by Crippen LogP contribution is -2.20. The molecule has 1 atom stereocenters. The molecule has 0 heterocycles. The van der Waals surface area contributed by atoms with Crippen LogP contribution in [-0.4, -0.2) is 23.6 Å². The molecule has 0 radical (unpaired) electrons. The molecule has 0 bridgehead atoms. The lowest BCUT2D eigenvalue weighted by atomic mass is 10.2. The summed E-state index contributed by atoms with van der Waals surface area (Å²) in [6.45, 7) is 4.45. The Labute approximate surface area is 130 Å². The van der Waals surface area contributed by atoms with Gasteiger partial charge in [-0.05, 0) is 49.2 Å². The van der Waals surface area contributed by atoms with Crippen LogP contribution in [0.2, 0.25) is 0 Å². The lowest BCUT2D eigenvalue weighted by molar-refractivity contribution is 0.211. The Balaban J connectivity index is 2.07. The molecule has 2 aromatic rings. The quantitative estimate of drug-likeness (QED) is 0.789. The molecule has 0 aliphatic carbocycles. The van der Waals surface area contributed by atoms with Crippen LogP contribution < -0.4 is 10.1 Å². The van der Waals surface area contributed by atoms with E-state index in [-0.39, 0.29) is 5.88 Å². The average Bonchev–Trinajstić information content (AvgIpc) is 2.49. The first-order valence-electron chi connectivity index (χ1n) is 6.92. The Morgan fingerprint density at radius 2 is 1.81 bits per heavy atom. The van der Waals surface area contributed by atoms with Crippen molar-refractivity contribution in [1.29, 1.82) is 0 Å². The van der Waals surface area contributed by atoms with Crippen LogP contribution in [-0.2, 0) is 0 Å². The van der Waals surface area contributed by atoms with Crippen molar-refractivity contribution in [2.45, 2.75) is 20.0 Å². The molecule has 4 heteroatoms. The molecular formula is C17H20ClNO2. The summed E-state index contributed by atoms with van der Waals surface area (Å²) in [5.74, 6) is 1.91. The summed E-state index contributed by atoms with van der Waals surface area (Å²) < 4.78 is 5.94. The van der Waals surface area contributed by atoms with Crippen LogP contribution in [0, 0.1) is 13.8 Å². The van der Waals surface area contributed by atoms with E-state index < -0.39 is 6.10 Å². The number of hydrogen-bond donors (Lipinski definition) is 2. The van der Waals surface area contributed by atoms with Crippen molar-refractivity contribution in [2.75, 3.05) is 17.7 Å². The van der Waals surface area contributed by atoms with Gasteiger partial charge in [0, 0.05) is 12.2 Å². The number of nitrogens with one attached hydrogen (secondary N) is 1. The van der Waals surface area contributed by atoms with E-state index in [1.807, 2.05) is 56.3 Å². The maximum atomic E-state index is 9.45. The molecule has 0 amide bonds. The summed E-state index contributed by atoms with van der Waals surface area (Å²) >= 11 is 5.57. The summed E-state index contributed by atoms with van der Waals surface area (Å²) in [6.07, 6.45) is -0.546. The van der Waals surface area contributed by atoms with Crippen LogP contribution in [0.15, 0.2) is 42.5 Å². The fraction of sp³-hybridized carbons (Fsp3) is 0.294. The number of ether oxygens (including phenoxy) is 1. The van der Waals surface area contributed by atoms with Gasteiger partial charge in [-0.15, -0.1) is 11.6 Å². The van der Waals surface area contributed by atoms with Gasteiger partial charge in [0.05, 0.1) is 12.0 Å². The van der Waals surface area contributed by atoms with E-state index in [4.69, 9.17) is 16.3 Å². The third-order valence-electron chi connectivity index (χ3n) is 3.21. The first kappa shape index (κ1) is 15.7. The van der Waals surface area contributed by atoms with E-state index in [1.54, 1.807) is 0 Å². The van der Waals surface area contributed by atoms with E-state index in [9.17, 15) is 5.11 Å². The molecule has 0 fully saturated rings. The van der Waals surface area contributed by atoms with Gasteiger partial charge in [-0.1, -0.05) is 18.2 Å². The maximum Gasteiger partial charge on any atom is 0.130 e. The number of rotatable bonds is 6. The molecule has 1 unspecified atom stereocenters. The molecule has 0 spiro atoms. The summed E-state index contributed by atoms with van der Waals surface area (Å²) in [5, 5.41) is 12.6. The van der Waals surface area contributed by atoms with Gasteiger partial charge in [0.1, 0.15) is 11.5 Å². The van der Waals surface area contributed by atoms with E-state index in [0.717, 1.165) is 28.3 Å². The Bertz CT molecular complexity index is 601. The predicted octanol–water partition coefficient (Wildman–Crippen LogP) is 4.11. The number of alkyl halides is 1. The smallest absolute Gasteiger partial charge is 0.130 e. The number of benzene rings is 2. The van der Waals surface area contributed by atoms with Gasteiger partial charge in [-0.25, -0.2) is 0 Å². The largest absolute Gasteiger partial charge is 0.457 e. The van der Waals surface area contributed by atoms with Gasteiger partial charge < -0.3 is 15.2 Å². The number of para-hydroxylation sites is 1. The Morgan fingerprint density at radius 3 is 2.48 bits per heavy atom. The number of anilines is 1. The van der Waals surface area contributed by atoms with Crippen LogP contribution in [0.25, 0.3) is 0 Å². The highest BCUT2D eigenvalue weighted by atomic mass is 35.5. The van der Waals surface area contributed by atoms with E-state index in [1.165, 1.54) is 0 Å². The first-order valence-corrected chi connectivity index (χ1v) is 7.45. The van der Waals surface area contributed by atoms with Crippen molar-refractivity contribution < 1.29 is 9.84 Å². The number of hydrogen-bond acceptors (Lipinski definition) is 3. The van der Waals surface area contributed by atoms with Crippen molar-refractivity contribution in [3.63, 3.8) is 0 Å². The molecule has 0 aliphatic heterocycles. The van der Waals surface area contributed by atoms with E-state index in [0.29, 0.717) is 6.54 Å². The van der Waals surface area contributed by atoms with Crippen LogP contribution >= 0.6 is 11.6 Å². The van der Waals surface area contributed by atoms with Gasteiger partial charge in [0.25, 0.3) is 0 Å². The summed E-state index contributed by atoms with van der Waals surface area (Å²) in [6, 6.07) is 13.8. The van der Waals surface area contributed by atoms with E-state index >= 15 is 0 Å². The minimum absolute atomic E-state index is 0.223. The number of aryl methyl sites for hydroxylation is 2. The van der Waals surface area contributed by atoms with Gasteiger partial charge in [0.15, 0.2) is 0 Å². The molecule has 0 saturated carbocycles. The van der Waals surface area contributed by atoms with Crippen LogP contribution in [0.1, 0.15) is 11.1 Å². The lowest BCUT2D eigenvalue weighted by Gasteiger charge is -2.14. The van der Waals surface area contributed by atoms with Crippen molar-refractivity contribution >= 4 is 17.3 Å². The monoisotopic (exact) mass is 305 g/mol. The Morgan fingerprint density at radius 1 is 1.10 bits per heavy atom. The van der Waals surface area contributed by atoms with Gasteiger partial charge in [-0.3, -0.25) is 0 Å². The molecule has 2 aromatic carbocycles. The van der Waals surface area contributed by atoms with Gasteiger partial charge in [0.2, 0.25) is 0 Å². The molecule has 2 N–H and O–H groups in total. The SMILES string of the molecule is Cc1ccccc1Oc1ccc(NCC(O)CCl)cc1C. The number of halogens is 1. The zero-order valence-corrected chi connectivity index (χ0v) is 13.0. The molecule has 0 aromatic heterocycles. The highest BCUT2D eigenvalue weighted by Crippen LogP contribution is 2.29. The van der Waals surface area contributed by atoms with Crippen molar-refractivity contribution in [3.8, 4) is 11.5 Å². The minimum Gasteiger partial charge on any atom is -0.457 e. The third-order valence-corrected chi connectivity index (χ3v) is 3.56. The highest BCUT2D eigenvalue weighted by molar-refractivity contribution is 6.18. The van der Waals surface area contributed by atoms with Gasteiger partial charge >= 0.3 is 0 Å². The topological polar surface area (TPSA) is 41.5 Å². The third kappa shape index (κ3) is 4.38. The fourth-order valence-electron chi connectivity index (χ4n) is 1.95. The van der Waals surface area contributed by atoms with E-state index in [2.05, 4.69) is 5.32 Å². The molecule has 112 valence electrons. The summed E-state index contributed by atoms with van der Waals surface area (Å²) in [5.41, 5.74) is 3.07. The second kappa shape index (κ2) is 7.34. The maximum absolute atomic E-state index is 9.45. The summed E-state index contributed by atoms with van der Waals surface area (Å²) in [7, 11) is 0. The zero-order valence-electron chi connectivity index (χ0n) is 12.3. The molecule has 21 heavy (non-hydrogen) atoms. The average molecular weight is 306 g/mol. The normalized spacial score (nSPS) is 12.0. The highest BCUT2D eigenvalue weighted by Gasteiger charge is 2.06. The van der Waals surface area contributed by atoms with Crippen LogP contribution in [0.3, 0.4) is 0 Å². The summed E-state index contributed by atoms with van der Waals surface area (Å²) in [4.78, 5) is 0. The fourth-order valence-corrected chi connectivity index (χ4v) is 2.06. The molecule has 0 saturated heterocycles. The number of aliphatic hydroxyl groups is 1. The second-order valence-corrected chi connectivity index (χ2v) is 5.35. The second-order valence-electron chi connectivity index (χ2n) is 5.04. The van der Waals surface area contributed by atoms with Crippen molar-refractivity contribution in [2.24, 2.45) is 0 Å².